The molecule has 0 fully saturated rings. The van der Waals surface area contributed by atoms with Crippen LogP contribution >= 0.6 is 11.8 Å². The van der Waals surface area contributed by atoms with Crippen molar-refractivity contribution in [2.24, 2.45) is 10.8 Å². The van der Waals surface area contributed by atoms with Crippen LogP contribution in [0.2, 0.25) is 0 Å². The SMILES string of the molecule is CC1CSC(C2=CN(N)NN2)=N1. The van der Waals surface area contributed by atoms with Gasteiger partial charge in [-0.15, -0.1) is 17.3 Å². The van der Waals surface area contributed by atoms with E-state index in [0.29, 0.717) is 6.04 Å². The molecule has 6 heteroatoms. The summed E-state index contributed by atoms with van der Waals surface area (Å²) in [4.78, 5) is 4.43. The molecule has 2 heterocycles. The number of thioether (sulfide) groups is 1. The Morgan fingerprint density at radius 1 is 1.83 bits per heavy atom. The lowest BCUT2D eigenvalue weighted by atomic mass is 10.4. The fourth-order valence-electron chi connectivity index (χ4n) is 1.06. The Balaban J connectivity index is 2.10. The fraction of sp³-hybridized carbons (Fsp3) is 0.500. The summed E-state index contributed by atoms with van der Waals surface area (Å²) in [5.41, 5.74) is 6.62. The van der Waals surface area contributed by atoms with Gasteiger partial charge in [-0.1, -0.05) is 0 Å². The lowest BCUT2D eigenvalue weighted by Crippen LogP contribution is -2.41. The number of hydrogen-bond acceptors (Lipinski definition) is 6. The third kappa shape index (κ3) is 1.40. The fourth-order valence-corrected chi connectivity index (χ4v) is 2.05. The van der Waals surface area contributed by atoms with Crippen LogP contribution < -0.4 is 16.8 Å². The van der Waals surface area contributed by atoms with Crippen LogP contribution in [0, 0.1) is 0 Å². The number of nitrogens with one attached hydrogen (secondary N) is 2. The number of rotatable bonds is 1. The minimum atomic E-state index is 0.416. The second kappa shape index (κ2) is 2.96. The minimum absolute atomic E-state index is 0.416. The smallest absolute Gasteiger partial charge is 0.117 e. The summed E-state index contributed by atoms with van der Waals surface area (Å²) >= 11 is 1.75. The van der Waals surface area contributed by atoms with Gasteiger partial charge in [-0.2, -0.15) is 0 Å². The molecule has 2 rings (SSSR count). The van der Waals surface area contributed by atoms with Crippen LogP contribution in [0.4, 0.5) is 0 Å². The van der Waals surface area contributed by atoms with Crippen LogP contribution in [-0.4, -0.2) is 22.0 Å². The van der Waals surface area contributed by atoms with Gasteiger partial charge in [-0.05, 0) is 6.92 Å². The molecule has 0 aromatic carbocycles. The molecule has 66 valence electrons. The van der Waals surface area contributed by atoms with Gasteiger partial charge < -0.3 is 0 Å². The van der Waals surface area contributed by atoms with Crippen LogP contribution in [0.25, 0.3) is 0 Å². The van der Waals surface area contributed by atoms with Crippen molar-refractivity contribution in [3.05, 3.63) is 11.9 Å². The first-order chi connectivity index (χ1) is 5.75. The standard InChI is InChI=1S/C6H11N5S/c1-4-3-12-6(8-4)5-2-11(7)10-9-5/h2,4,9-10H,3,7H2,1H3. The Bertz CT molecular complexity index is 222. The first kappa shape index (κ1) is 7.90. The van der Waals surface area contributed by atoms with Crippen LogP contribution in [-0.2, 0) is 0 Å². The molecule has 12 heavy (non-hydrogen) atoms. The summed E-state index contributed by atoms with van der Waals surface area (Å²) in [6, 6.07) is 0.416. The highest BCUT2D eigenvalue weighted by Gasteiger charge is 2.20. The molecular weight excluding hydrogens is 174 g/mol. The molecule has 0 aromatic heterocycles. The highest BCUT2D eigenvalue weighted by Crippen LogP contribution is 2.22. The zero-order valence-electron chi connectivity index (χ0n) is 6.74. The molecule has 2 aliphatic heterocycles. The molecular formula is C6H11N5S. The van der Waals surface area contributed by atoms with Crippen LogP contribution in [0.5, 0.6) is 0 Å². The second-order valence-electron chi connectivity index (χ2n) is 2.78. The van der Waals surface area contributed by atoms with Crippen molar-refractivity contribution in [3.8, 4) is 0 Å². The molecule has 0 bridgehead atoms. The van der Waals surface area contributed by atoms with E-state index in [1.807, 2.05) is 0 Å². The average Bonchev–Trinajstić information content (AvgIpc) is 2.58. The van der Waals surface area contributed by atoms with Crippen LogP contribution in [0.1, 0.15) is 6.92 Å². The number of aliphatic imine (C=N–C) groups is 1. The van der Waals surface area contributed by atoms with E-state index in [2.05, 4.69) is 22.9 Å². The van der Waals surface area contributed by atoms with Gasteiger partial charge in [-0.25, -0.2) is 11.0 Å². The predicted octanol–water partition coefficient (Wildman–Crippen LogP) is -0.440. The van der Waals surface area contributed by atoms with Crippen LogP contribution in [0.3, 0.4) is 0 Å². The van der Waals surface area contributed by atoms with Crippen molar-refractivity contribution < 1.29 is 0 Å². The summed E-state index contributed by atoms with van der Waals surface area (Å²) in [5, 5.41) is 2.41. The van der Waals surface area contributed by atoms with Gasteiger partial charge in [0.1, 0.15) is 10.7 Å². The van der Waals surface area contributed by atoms with Crippen molar-refractivity contribution in [1.82, 2.24) is 16.1 Å². The van der Waals surface area contributed by atoms with E-state index in [4.69, 9.17) is 5.84 Å². The van der Waals surface area contributed by atoms with Crippen molar-refractivity contribution in [3.63, 3.8) is 0 Å². The summed E-state index contributed by atoms with van der Waals surface area (Å²) in [5.74, 6) is 6.50. The summed E-state index contributed by atoms with van der Waals surface area (Å²) in [7, 11) is 0. The van der Waals surface area contributed by atoms with Crippen molar-refractivity contribution >= 4 is 16.8 Å². The van der Waals surface area contributed by atoms with Crippen molar-refractivity contribution in [2.45, 2.75) is 13.0 Å². The van der Waals surface area contributed by atoms with Gasteiger partial charge >= 0.3 is 0 Å². The Morgan fingerprint density at radius 3 is 3.17 bits per heavy atom. The topological polar surface area (TPSA) is 65.7 Å². The van der Waals surface area contributed by atoms with Gasteiger partial charge in [-0.3, -0.25) is 10.4 Å². The lowest BCUT2D eigenvalue weighted by molar-refractivity contribution is 0.280. The maximum absolute atomic E-state index is 5.45. The van der Waals surface area contributed by atoms with Gasteiger partial charge in [0.2, 0.25) is 0 Å². The zero-order chi connectivity index (χ0) is 8.55. The van der Waals surface area contributed by atoms with Crippen molar-refractivity contribution in [2.75, 3.05) is 5.75 Å². The van der Waals surface area contributed by atoms with Crippen molar-refractivity contribution in [1.29, 1.82) is 0 Å². The Hall–Kier alpha value is -0.720. The van der Waals surface area contributed by atoms with Gasteiger partial charge in [0, 0.05) is 5.75 Å². The van der Waals surface area contributed by atoms with E-state index in [9.17, 15) is 0 Å². The minimum Gasteiger partial charge on any atom is -0.299 e. The number of hydrogen-bond donors (Lipinski definition) is 3. The number of hydrazine groups is 3. The quantitative estimate of drug-likeness (QED) is 0.483. The van der Waals surface area contributed by atoms with Crippen LogP contribution in [0.15, 0.2) is 16.9 Å². The first-order valence-electron chi connectivity index (χ1n) is 3.74. The predicted molar refractivity (Wildman–Crippen MR) is 49.7 cm³/mol. The maximum atomic E-state index is 5.45. The average molecular weight is 185 g/mol. The lowest BCUT2D eigenvalue weighted by Gasteiger charge is -2.04. The molecule has 0 amide bonds. The second-order valence-corrected chi connectivity index (χ2v) is 3.79. The molecule has 4 N–H and O–H groups in total. The summed E-state index contributed by atoms with van der Waals surface area (Å²) in [6.07, 6.45) is 1.78. The molecule has 0 aliphatic carbocycles. The molecule has 0 saturated heterocycles. The first-order valence-corrected chi connectivity index (χ1v) is 4.72. The molecule has 0 saturated carbocycles. The monoisotopic (exact) mass is 185 g/mol. The summed E-state index contributed by atoms with van der Waals surface area (Å²) < 4.78 is 0. The van der Waals surface area contributed by atoms with E-state index in [1.165, 1.54) is 5.12 Å². The maximum Gasteiger partial charge on any atom is 0.117 e. The zero-order valence-corrected chi connectivity index (χ0v) is 7.56. The number of nitrogens with zero attached hydrogens (tertiary/aromatic N) is 2. The highest BCUT2D eigenvalue weighted by molar-refractivity contribution is 8.14. The molecule has 0 aromatic rings. The molecule has 1 atom stereocenters. The Morgan fingerprint density at radius 2 is 2.67 bits per heavy atom. The third-order valence-electron chi connectivity index (χ3n) is 1.62. The third-order valence-corrected chi connectivity index (χ3v) is 2.86. The van der Waals surface area contributed by atoms with E-state index < -0.39 is 0 Å². The molecule has 1 unspecified atom stereocenters. The van der Waals surface area contributed by atoms with Gasteiger partial charge in [0.25, 0.3) is 0 Å². The molecule has 0 spiro atoms. The van der Waals surface area contributed by atoms with E-state index >= 15 is 0 Å². The molecule has 2 aliphatic rings. The van der Waals surface area contributed by atoms with E-state index in [1.54, 1.807) is 18.0 Å². The Labute approximate surface area is 75.0 Å². The molecule has 5 nitrogen and oxygen atoms in total. The molecule has 0 radical (unpaired) electrons. The van der Waals surface area contributed by atoms with Gasteiger partial charge in [0.05, 0.1) is 12.2 Å². The van der Waals surface area contributed by atoms with E-state index in [-0.39, 0.29) is 0 Å². The number of nitrogens with two attached hydrogens (primary N) is 1. The van der Waals surface area contributed by atoms with Gasteiger partial charge in [0.15, 0.2) is 0 Å². The largest absolute Gasteiger partial charge is 0.299 e. The highest BCUT2D eigenvalue weighted by atomic mass is 32.2. The normalized spacial score (nSPS) is 28.5. The summed E-state index contributed by atoms with van der Waals surface area (Å²) in [6.45, 7) is 2.10. The van der Waals surface area contributed by atoms with E-state index in [0.717, 1.165) is 16.5 Å². The Kier molecular flexibility index (Phi) is 1.95.